The Morgan fingerprint density at radius 3 is 2.28 bits per heavy atom. The van der Waals surface area contributed by atoms with Gasteiger partial charge in [0.2, 0.25) is 0 Å². The summed E-state index contributed by atoms with van der Waals surface area (Å²) in [6.07, 6.45) is 0. The topological polar surface area (TPSA) is 49.9 Å². The molecule has 2 heterocycles. The van der Waals surface area contributed by atoms with Gasteiger partial charge in [-0.05, 0) is 54.8 Å². The van der Waals surface area contributed by atoms with Crippen LogP contribution in [0.15, 0.2) is 77.8 Å². The fourth-order valence-corrected chi connectivity index (χ4v) is 4.11. The highest BCUT2D eigenvalue weighted by molar-refractivity contribution is 7.11. The van der Waals surface area contributed by atoms with E-state index in [0.29, 0.717) is 29.3 Å². The number of rotatable bonds is 6. The maximum absolute atomic E-state index is 13.4. The molecule has 146 valence electrons. The van der Waals surface area contributed by atoms with Crippen LogP contribution in [0.25, 0.3) is 5.57 Å². The van der Waals surface area contributed by atoms with Gasteiger partial charge in [-0.1, -0.05) is 24.3 Å². The zero-order valence-electron chi connectivity index (χ0n) is 16.2. The second kappa shape index (κ2) is 7.93. The average molecular weight is 404 g/mol. The number of thiophene rings is 1. The molecule has 0 bridgehead atoms. The molecule has 0 N–H and O–H groups in total. The highest BCUT2D eigenvalue weighted by atomic mass is 32.1. The Balaban J connectivity index is 1.78. The molecule has 4 rings (SSSR count). The summed E-state index contributed by atoms with van der Waals surface area (Å²) in [5, 5.41) is 1.90. The minimum atomic E-state index is -0.339. The van der Waals surface area contributed by atoms with Crippen LogP contribution in [0, 0.1) is 0 Å². The zero-order valence-corrected chi connectivity index (χ0v) is 17.0. The molecular formula is C23H20N2O3S. The quantitative estimate of drug-likeness (QED) is 0.565. The number of imide groups is 1. The van der Waals surface area contributed by atoms with Gasteiger partial charge < -0.3 is 9.64 Å². The van der Waals surface area contributed by atoms with Crippen LogP contribution < -0.4 is 14.5 Å². The van der Waals surface area contributed by atoms with Crippen LogP contribution in [0.5, 0.6) is 5.75 Å². The fourth-order valence-electron chi connectivity index (χ4n) is 3.35. The normalized spacial score (nSPS) is 13.9. The van der Waals surface area contributed by atoms with Gasteiger partial charge in [0.15, 0.2) is 0 Å². The van der Waals surface area contributed by atoms with E-state index >= 15 is 0 Å². The van der Waals surface area contributed by atoms with E-state index in [1.165, 1.54) is 16.2 Å². The zero-order chi connectivity index (χ0) is 20.4. The number of carbonyl (C=O) groups is 2. The number of nitrogens with zero attached hydrogens (tertiary/aromatic N) is 2. The number of amides is 2. The molecule has 1 aliphatic rings. The molecule has 0 spiro atoms. The lowest BCUT2D eigenvalue weighted by Gasteiger charge is -2.21. The Bertz CT molecular complexity index is 1060. The number of carbonyl (C=O) groups excluding carboxylic acids is 2. The Hall–Kier alpha value is -3.38. The first-order chi connectivity index (χ1) is 14.1. The van der Waals surface area contributed by atoms with E-state index in [-0.39, 0.29) is 11.8 Å². The third-order valence-corrected chi connectivity index (χ3v) is 5.60. The summed E-state index contributed by atoms with van der Waals surface area (Å²) >= 11 is 1.44. The Kier molecular flexibility index (Phi) is 5.18. The first-order valence-electron chi connectivity index (χ1n) is 9.30. The third-order valence-electron chi connectivity index (χ3n) is 4.71. The van der Waals surface area contributed by atoms with Gasteiger partial charge in [0.1, 0.15) is 11.4 Å². The Morgan fingerprint density at radius 1 is 0.931 bits per heavy atom. The van der Waals surface area contributed by atoms with E-state index in [9.17, 15) is 9.59 Å². The smallest absolute Gasteiger partial charge is 0.282 e. The molecule has 0 unspecified atom stereocenters. The second-order valence-electron chi connectivity index (χ2n) is 6.47. The van der Waals surface area contributed by atoms with E-state index < -0.39 is 0 Å². The molecule has 2 amide bonds. The number of hydrogen-bond donors (Lipinski definition) is 0. The fraction of sp³-hybridized carbons (Fsp3) is 0.130. The number of para-hydroxylation sites is 1. The lowest BCUT2D eigenvalue weighted by molar-refractivity contribution is -0.120. The van der Waals surface area contributed by atoms with E-state index in [1.54, 1.807) is 29.2 Å². The van der Waals surface area contributed by atoms with Crippen LogP contribution in [0.2, 0.25) is 0 Å². The lowest BCUT2D eigenvalue weighted by Crippen LogP contribution is -2.34. The lowest BCUT2D eigenvalue weighted by atomic mass is 10.1. The second-order valence-corrected chi connectivity index (χ2v) is 7.42. The van der Waals surface area contributed by atoms with Crippen molar-refractivity contribution in [1.82, 2.24) is 0 Å². The predicted octanol–water partition coefficient (Wildman–Crippen LogP) is 4.57. The van der Waals surface area contributed by atoms with Crippen LogP contribution in [0.4, 0.5) is 11.4 Å². The van der Waals surface area contributed by atoms with E-state index in [0.717, 1.165) is 10.6 Å². The molecule has 0 atom stereocenters. The van der Waals surface area contributed by atoms with Crippen molar-refractivity contribution < 1.29 is 14.3 Å². The first-order valence-corrected chi connectivity index (χ1v) is 10.2. The molecule has 0 saturated heterocycles. The number of hydrogen-bond acceptors (Lipinski definition) is 5. The van der Waals surface area contributed by atoms with Gasteiger partial charge in [0, 0.05) is 17.6 Å². The molecule has 0 aliphatic carbocycles. The molecule has 6 heteroatoms. The number of benzene rings is 2. The van der Waals surface area contributed by atoms with Crippen molar-refractivity contribution in [3.63, 3.8) is 0 Å². The van der Waals surface area contributed by atoms with Crippen LogP contribution in [-0.2, 0) is 9.59 Å². The maximum atomic E-state index is 13.4. The van der Waals surface area contributed by atoms with Crippen LogP contribution in [-0.4, -0.2) is 25.5 Å². The van der Waals surface area contributed by atoms with Crippen molar-refractivity contribution in [2.45, 2.75) is 6.92 Å². The van der Waals surface area contributed by atoms with Gasteiger partial charge in [0.05, 0.1) is 17.9 Å². The van der Waals surface area contributed by atoms with Gasteiger partial charge in [-0.2, -0.15) is 0 Å². The molecule has 1 aliphatic heterocycles. The minimum Gasteiger partial charge on any atom is -0.494 e. The number of likely N-dealkylation sites (N-methyl/N-ethyl adjacent to an activating group) is 1. The molecule has 29 heavy (non-hydrogen) atoms. The maximum Gasteiger partial charge on any atom is 0.282 e. The number of ether oxygens (including phenoxy) is 1. The molecule has 2 aromatic carbocycles. The highest BCUT2D eigenvalue weighted by Gasteiger charge is 2.42. The summed E-state index contributed by atoms with van der Waals surface area (Å²) in [6, 6.07) is 20.3. The molecule has 1 aromatic heterocycles. The molecule has 0 fully saturated rings. The van der Waals surface area contributed by atoms with E-state index in [2.05, 4.69) is 0 Å². The van der Waals surface area contributed by atoms with E-state index in [1.807, 2.05) is 61.8 Å². The van der Waals surface area contributed by atoms with Crippen LogP contribution >= 0.6 is 11.3 Å². The Labute approximate surface area is 173 Å². The van der Waals surface area contributed by atoms with Gasteiger partial charge in [-0.15, -0.1) is 11.3 Å². The first kappa shape index (κ1) is 19.0. The minimum absolute atomic E-state index is 0.320. The summed E-state index contributed by atoms with van der Waals surface area (Å²) in [6.45, 7) is 2.46. The standard InChI is InChI=1S/C23H20N2O3S/c1-3-28-18-13-11-17(12-14-18)25-22(26)20(19-10-7-15-29-19)21(23(25)27)24(2)16-8-5-4-6-9-16/h4-15H,3H2,1-2H3. The Morgan fingerprint density at radius 2 is 1.66 bits per heavy atom. The molecule has 3 aromatic rings. The van der Waals surface area contributed by atoms with E-state index in [4.69, 9.17) is 4.74 Å². The number of anilines is 2. The molecule has 0 radical (unpaired) electrons. The van der Waals surface area contributed by atoms with Crippen LogP contribution in [0.1, 0.15) is 11.8 Å². The largest absolute Gasteiger partial charge is 0.494 e. The summed E-state index contributed by atoms with van der Waals surface area (Å²) < 4.78 is 5.47. The summed E-state index contributed by atoms with van der Waals surface area (Å²) in [7, 11) is 1.81. The predicted molar refractivity (Wildman–Crippen MR) is 116 cm³/mol. The molecule has 0 saturated carbocycles. The van der Waals surface area contributed by atoms with Crippen molar-refractivity contribution in [1.29, 1.82) is 0 Å². The summed E-state index contributed by atoms with van der Waals surface area (Å²) in [5.74, 6) is 0.0386. The highest BCUT2D eigenvalue weighted by Crippen LogP contribution is 2.37. The van der Waals surface area contributed by atoms with Crippen molar-refractivity contribution in [3.8, 4) is 5.75 Å². The molecule has 5 nitrogen and oxygen atoms in total. The average Bonchev–Trinajstić information content (AvgIpc) is 3.35. The van der Waals surface area contributed by atoms with Crippen molar-refractivity contribution >= 4 is 40.1 Å². The summed E-state index contributed by atoms with van der Waals surface area (Å²) in [5.41, 5.74) is 2.16. The van der Waals surface area contributed by atoms with Gasteiger partial charge in [0.25, 0.3) is 11.8 Å². The van der Waals surface area contributed by atoms with Crippen molar-refractivity contribution in [2.24, 2.45) is 0 Å². The van der Waals surface area contributed by atoms with Crippen LogP contribution in [0.3, 0.4) is 0 Å². The summed E-state index contributed by atoms with van der Waals surface area (Å²) in [4.78, 5) is 30.6. The van der Waals surface area contributed by atoms with Crippen molar-refractivity contribution in [2.75, 3.05) is 23.5 Å². The molecular weight excluding hydrogens is 384 g/mol. The van der Waals surface area contributed by atoms with Crippen molar-refractivity contribution in [3.05, 3.63) is 82.7 Å². The van der Waals surface area contributed by atoms with Gasteiger partial charge >= 0.3 is 0 Å². The van der Waals surface area contributed by atoms with Gasteiger partial charge in [-0.3, -0.25) is 9.59 Å². The third kappa shape index (κ3) is 3.43. The monoisotopic (exact) mass is 404 g/mol. The SMILES string of the molecule is CCOc1ccc(N2C(=O)C(c3cccs3)=C(N(C)c3ccccc3)C2=O)cc1. The van der Waals surface area contributed by atoms with Gasteiger partial charge in [-0.25, -0.2) is 4.90 Å².